The molecular weight excluding hydrogens is 265 g/mol. The van der Waals surface area contributed by atoms with Crippen LogP contribution < -0.4 is 10.6 Å². The van der Waals surface area contributed by atoms with Gasteiger partial charge >= 0.3 is 0 Å². The summed E-state index contributed by atoms with van der Waals surface area (Å²) in [5, 5.41) is 0.919. The zero-order valence-corrected chi connectivity index (χ0v) is 11.8. The van der Waals surface area contributed by atoms with E-state index in [9.17, 15) is 4.39 Å². The van der Waals surface area contributed by atoms with Crippen LogP contribution in [0.25, 0.3) is 10.9 Å². The quantitative estimate of drug-likeness (QED) is 0.734. The fraction of sp³-hybridized carbons (Fsp3) is 0.118. The van der Waals surface area contributed by atoms with Crippen molar-refractivity contribution in [3.63, 3.8) is 0 Å². The van der Waals surface area contributed by atoms with E-state index in [1.165, 1.54) is 6.07 Å². The summed E-state index contributed by atoms with van der Waals surface area (Å²) in [5.41, 5.74) is 8.80. The van der Waals surface area contributed by atoms with Crippen molar-refractivity contribution >= 4 is 28.0 Å². The maximum absolute atomic E-state index is 14.1. The number of pyridine rings is 1. The topological polar surface area (TPSA) is 42.1 Å². The average Bonchev–Trinajstić information content (AvgIpc) is 2.52. The number of rotatable bonds is 3. The van der Waals surface area contributed by atoms with Crippen molar-refractivity contribution < 1.29 is 4.39 Å². The molecule has 0 spiro atoms. The highest BCUT2D eigenvalue weighted by Gasteiger charge is 2.15. The van der Waals surface area contributed by atoms with Crippen LogP contribution in [0.4, 0.5) is 21.5 Å². The Labute approximate surface area is 122 Å². The third kappa shape index (κ3) is 2.29. The lowest BCUT2D eigenvalue weighted by molar-refractivity contribution is 0.626. The second-order valence-corrected chi connectivity index (χ2v) is 4.77. The lowest BCUT2D eigenvalue weighted by atomic mass is 10.1. The number of fused-ring (bicyclic) bond motifs is 1. The van der Waals surface area contributed by atoms with E-state index in [0.717, 1.165) is 16.6 Å². The Bertz CT molecular complexity index is 786. The van der Waals surface area contributed by atoms with Crippen molar-refractivity contribution in [2.24, 2.45) is 0 Å². The van der Waals surface area contributed by atoms with Gasteiger partial charge in [-0.2, -0.15) is 0 Å². The summed E-state index contributed by atoms with van der Waals surface area (Å²) in [6, 6.07) is 14.3. The maximum atomic E-state index is 14.1. The van der Waals surface area contributed by atoms with Gasteiger partial charge in [0.05, 0.1) is 22.6 Å². The molecular formula is C17H16FN3. The predicted octanol–water partition coefficient (Wildman–Crippen LogP) is 4.11. The van der Waals surface area contributed by atoms with Crippen LogP contribution in [0.2, 0.25) is 0 Å². The molecule has 1 heterocycles. The van der Waals surface area contributed by atoms with E-state index in [0.29, 0.717) is 17.9 Å². The van der Waals surface area contributed by atoms with Crippen LogP contribution in [0.3, 0.4) is 0 Å². The molecule has 2 N–H and O–H groups in total. The second kappa shape index (κ2) is 5.40. The van der Waals surface area contributed by atoms with E-state index in [-0.39, 0.29) is 5.82 Å². The van der Waals surface area contributed by atoms with Crippen molar-refractivity contribution in [3.8, 4) is 0 Å². The molecule has 0 unspecified atom stereocenters. The number of halogens is 1. The summed E-state index contributed by atoms with van der Waals surface area (Å²) >= 11 is 0. The molecule has 2 aromatic carbocycles. The van der Waals surface area contributed by atoms with Crippen LogP contribution in [-0.4, -0.2) is 11.5 Å². The molecule has 3 aromatic rings. The first kappa shape index (κ1) is 13.4. The van der Waals surface area contributed by atoms with E-state index in [1.54, 1.807) is 18.3 Å². The Morgan fingerprint density at radius 3 is 2.62 bits per heavy atom. The van der Waals surface area contributed by atoms with E-state index in [2.05, 4.69) is 4.98 Å². The Kier molecular flexibility index (Phi) is 3.44. The van der Waals surface area contributed by atoms with Gasteiger partial charge in [0.25, 0.3) is 0 Å². The minimum atomic E-state index is -0.242. The molecule has 0 saturated heterocycles. The smallest absolute Gasteiger partial charge is 0.146 e. The summed E-state index contributed by atoms with van der Waals surface area (Å²) in [4.78, 5) is 6.26. The first-order valence-corrected chi connectivity index (χ1v) is 6.87. The molecule has 0 atom stereocenters. The zero-order valence-electron chi connectivity index (χ0n) is 11.8. The van der Waals surface area contributed by atoms with Crippen molar-refractivity contribution in [2.75, 3.05) is 17.2 Å². The monoisotopic (exact) mass is 281 g/mol. The molecule has 0 aliphatic carbocycles. The summed E-state index contributed by atoms with van der Waals surface area (Å²) < 4.78 is 14.1. The fourth-order valence-corrected chi connectivity index (χ4v) is 2.56. The fourth-order valence-electron chi connectivity index (χ4n) is 2.56. The number of hydrogen-bond donors (Lipinski definition) is 1. The number of aromatic nitrogens is 1. The van der Waals surface area contributed by atoms with Gasteiger partial charge in [0.1, 0.15) is 5.82 Å². The Hall–Kier alpha value is -2.62. The number of nitrogens with zero attached hydrogens (tertiary/aromatic N) is 2. The molecule has 0 saturated carbocycles. The lowest BCUT2D eigenvalue weighted by Gasteiger charge is -2.25. The molecule has 0 fully saturated rings. The molecule has 0 amide bonds. The lowest BCUT2D eigenvalue weighted by Crippen LogP contribution is -2.17. The number of para-hydroxylation sites is 1. The second-order valence-electron chi connectivity index (χ2n) is 4.77. The average molecular weight is 281 g/mol. The standard InChI is InChI=1S/C17H16FN3/c1-2-21(16-8-4-3-7-13(16)18)15-10-9-14(19)17-12(15)6-5-11-20-17/h3-11H,2,19H2,1H3. The third-order valence-corrected chi connectivity index (χ3v) is 3.53. The molecule has 21 heavy (non-hydrogen) atoms. The minimum Gasteiger partial charge on any atom is -0.397 e. The number of benzene rings is 2. The van der Waals surface area contributed by atoms with Crippen LogP contribution in [-0.2, 0) is 0 Å². The normalized spacial score (nSPS) is 10.8. The number of anilines is 3. The van der Waals surface area contributed by atoms with E-state index in [1.807, 2.05) is 42.2 Å². The summed E-state index contributed by atoms with van der Waals surface area (Å²) in [6.07, 6.45) is 1.71. The Morgan fingerprint density at radius 2 is 1.86 bits per heavy atom. The van der Waals surface area contributed by atoms with Gasteiger partial charge in [-0.15, -0.1) is 0 Å². The highest BCUT2D eigenvalue weighted by Crippen LogP contribution is 2.34. The van der Waals surface area contributed by atoms with E-state index < -0.39 is 0 Å². The molecule has 0 aliphatic rings. The highest BCUT2D eigenvalue weighted by atomic mass is 19.1. The minimum absolute atomic E-state index is 0.242. The number of nitrogen functional groups attached to an aromatic ring is 1. The van der Waals surface area contributed by atoms with Crippen LogP contribution in [0.1, 0.15) is 6.92 Å². The molecule has 0 bridgehead atoms. The molecule has 1 aromatic heterocycles. The molecule has 3 nitrogen and oxygen atoms in total. The van der Waals surface area contributed by atoms with E-state index >= 15 is 0 Å². The van der Waals surface area contributed by atoms with Crippen LogP contribution >= 0.6 is 0 Å². The SMILES string of the molecule is CCN(c1ccccc1F)c1ccc(N)c2ncccc12. The largest absolute Gasteiger partial charge is 0.397 e. The third-order valence-electron chi connectivity index (χ3n) is 3.53. The summed E-state index contributed by atoms with van der Waals surface area (Å²) in [5.74, 6) is -0.242. The maximum Gasteiger partial charge on any atom is 0.146 e. The van der Waals surface area contributed by atoms with Crippen LogP contribution in [0.15, 0.2) is 54.7 Å². The summed E-state index contributed by atoms with van der Waals surface area (Å²) in [6.45, 7) is 2.64. The van der Waals surface area contributed by atoms with Gasteiger partial charge in [0.15, 0.2) is 0 Å². The Balaban J connectivity index is 2.23. The van der Waals surface area contributed by atoms with Gasteiger partial charge in [0.2, 0.25) is 0 Å². The molecule has 0 radical (unpaired) electrons. The zero-order chi connectivity index (χ0) is 14.8. The molecule has 106 valence electrons. The van der Waals surface area contributed by atoms with Gasteiger partial charge in [-0.3, -0.25) is 4.98 Å². The van der Waals surface area contributed by atoms with Crippen molar-refractivity contribution in [1.82, 2.24) is 4.98 Å². The first-order valence-electron chi connectivity index (χ1n) is 6.87. The number of nitrogens with two attached hydrogens (primary N) is 1. The van der Waals surface area contributed by atoms with Crippen molar-refractivity contribution in [1.29, 1.82) is 0 Å². The van der Waals surface area contributed by atoms with Crippen LogP contribution in [0.5, 0.6) is 0 Å². The van der Waals surface area contributed by atoms with E-state index in [4.69, 9.17) is 5.73 Å². The highest BCUT2D eigenvalue weighted by molar-refractivity contribution is 6.00. The van der Waals surface area contributed by atoms with Crippen molar-refractivity contribution in [3.05, 3.63) is 60.5 Å². The van der Waals surface area contributed by atoms with Gasteiger partial charge in [-0.1, -0.05) is 12.1 Å². The Morgan fingerprint density at radius 1 is 1.05 bits per heavy atom. The summed E-state index contributed by atoms with van der Waals surface area (Å²) in [7, 11) is 0. The number of hydrogen-bond acceptors (Lipinski definition) is 3. The molecule has 4 heteroatoms. The molecule has 0 aliphatic heterocycles. The van der Waals surface area contributed by atoms with Crippen molar-refractivity contribution in [2.45, 2.75) is 6.92 Å². The molecule has 3 rings (SSSR count). The van der Waals surface area contributed by atoms with Crippen LogP contribution in [0, 0.1) is 5.82 Å². The van der Waals surface area contributed by atoms with Gasteiger partial charge in [-0.05, 0) is 43.3 Å². The van der Waals surface area contributed by atoms with Gasteiger partial charge in [-0.25, -0.2) is 4.39 Å². The predicted molar refractivity (Wildman–Crippen MR) is 85.2 cm³/mol. The van der Waals surface area contributed by atoms with Gasteiger partial charge in [0, 0.05) is 18.1 Å². The van der Waals surface area contributed by atoms with Gasteiger partial charge < -0.3 is 10.6 Å². The first-order chi connectivity index (χ1) is 10.2.